The standard InChI is InChI=1S/C35H25N2O.C19H26NSi.Ir/c1-23-19-28(20-24(2)34(23)26-13-7-4-8-14-26)37-32-16-10-9-15-31(32)36-35(37)30-22-38-33-21-27(17-18-29(30)33)25-11-5-3-6-12-25;1-19(2,3)13-16-12-17(15-10-8-7-9-11-15)20-14-18(16)21(4,5)6;/h3-21H,1-2H3;7-10,12,14H,13H2,1-6H3;/q2*-1;. The third kappa shape index (κ3) is 9.07. The Morgan fingerprint density at radius 2 is 1.35 bits per heavy atom. The van der Waals surface area contributed by atoms with Crippen LogP contribution in [0.1, 0.15) is 37.5 Å². The van der Waals surface area contributed by atoms with E-state index in [0.717, 1.165) is 67.9 Å². The second kappa shape index (κ2) is 17.5. The predicted molar refractivity (Wildman–Crippen MR) is 250 cm³/mol. The van der Waals surface area contributed by atoms with E-state index in [2.05, 4.69) is 193 Å². The number of para-hydroxylation sites is 2. The van der Waals surface area contributed by atoms with Gasteiger partial charge in [0.1, 0.15) is 0 Å². The zero-order chi connectivity index (χ0) is 41.3. The summed E-state index contributed by atoms with van der Waals surface area (Å²) < 4.78 is 8.23. The minimum atomic E-state index is -1.37. The maximum Gasteiger partial charge on any atom is 0.0798 e. The molecule has 6 aromatic carbocycles. The maximum atomic E-state index is 6.00. The van der Waals surface area contributed by atoms with E-state index in [9.17, 15) is 0 Å². The number of hydrogen-bond acceptors (Lipinski definition) is 3. The fourth-order valence-electron chi connectivity index (χ4n) is 8.13. The zero-order valence-electron chi connectivity index (χ0n) is 35.7. The SMILES string of the molecule is CC(C)(C)Cc1cc(-c2[c-]cccc2)ncc1[Si](C)(C)C.Cc1cc(-n2c(-c3[c-]oc4cc(-c5ccccc5)ccc34)nc3ccccc32)cc(C)c1-c1ccccc1.[Ir]. The molecule has 0 fully saturated rings. The van der Waals surface area contributed by atoms with E-state index in [-0.39, 0.29) is 25.5 Å². The molecule has 0 saturated carbocycles. The van der Waals surface area contributed by atoms with Crippen molar-refractivity contribution in [3.8, 4) is 50.6 Å². The second-order valence-corrected chi connectivity index (χ2v) is 22.8. The van der Waals surface area contributed by atoms with Gasteiger partial charge in [-0.3, -0.25) is 4.98 Å². The van der Waals surface area contributed by atoms with Crippen molar-refractivity contribution in [2.45, 2.75) is 60.7 Å². The smallest absolute Gasteiger partial charge is 0.0798 e. The van der Waals surface area contributed by atoms with E-state index in [0.29, 0.717) is 0 Å². The Bertz CT molecular complexity index is 2860. The van der Waals surface area contributed by atoms with Crippen LogP contribution in [0.3, 0.4) is 0 Å². The van der Waals surface area contributed by atoms with Crippen molar-refractivity contribution in [3.63, 3.8) is 0 Å². The van der Waals surface area contributed by atoms with Gasteiger partial charge in [-0.05, 0) is 94.2 Å². The van der Waals surface area contributed by atoms with Crippen molar-refractivity contribution < 1.29 is 24.5 Å². The number of nitrogens with zero attached hydrogens (tertiary/aromatic N) is 3. The molecule has 9 rings (SSSR count). The van der Waals surface area contributed by atoms with Crippen molar-refractivity contribution in [2.24, 2.45) is 5.41 Å². The summed E-state index contributed by atoms with van der Waals surface area (Å²) in [6.45, 7) is 18.4. The molecule has 3 heterocycles. The summed E-state index contributed by atoms with van der Waals surface area (Å²) in [7, 11) is -1.37. The average Bonchev–Trinajstić information content (AvgIpc) is 3.82. The van der Waals surface area contributed by atoms with Gasteiger partial charge < -0.3 is 14.0 Å². The first-order valence-electron chi connectivity index (χ1n) is 20.5. The van der Waals surface area contributed by atoms with Crippen LogP contribution in [0.15, 0.2) is 156 Å². The minimum absolute atomic E-state index is 0. The first-order chi connectivity index (χ1) is 28.3. The number of aromatic nitrogens is 3. The number of benzene rings is 6. The molecule has 303 valence electrons. The maximum absolute atomic E-state index is 6.00. The summed E-state index contributed by atoms with van der Waals surface area (Å²) in [4.78, 5) is 9.78. The monoisotopic (exact) mass is 978 g/mol. The molecule has 0 N–H and O–H groups in total. The summed E-state index contributed by atoms with van der Waals surface area (Å²) in [5.41, 5.74) is 15.8. The Morgan fingerprint density at radius 1 is 0.700 bits per heavy atom. The number of rotatable bonds is 7. The molecule has 9 aromatic rings. The summed E-state index contributed by atoms with van der Waals surface area (Å²) in [6.07, 6.45) is 6.39. The molecular weight excluding hydrogens is 927 g/mol. The number of aryl methyl sites for hydroxylation is 2. The first-order valence-corrected chi connectivity index (χ1v) is 24.0. The van der Waals surface area contributed by atoms with E-state index in [1.165, 1.54) is 33.0 Å². The molecule has 0 bridgehead atoms. The predicted octanol–water partition coefficient (Wildman–Crippen LogP) is 13.9. The molecular formula is C54H51IrN3OSi-2. The molecule has 0 unspecified atom stereocenters. The molecule has 0 atom stereocenters. The van der Waals surface area contributed by atoms with Crippen LogP contribution < -0.4 is 5.19 Å². The van der Waals surface area contributed by atoms with Crippen LogP contribution in [-0.2, 0) is 26.5 Å². The molecule has 60 heavy (non-hydrogen) atoms. The van der Waals surface area contributed by atoms with Gasteiger partial charge in [0.05, 0.1) is 24.9 Å². The fraction of sp³-hybridized carbons (Fsp3) is 0.185. The number of furan rings is 1. The van der Waals surface area contributed by atoms with Crippen LogP contribution in [0.25, 0.3) is 72.6 Å². The van der Waals surface area contributed by atoms with E-state index < -0.39 is 8.07 Å². The molecule has 3 aromatic heterocycles. The quantitative estimate of drug-likeness (QED) is 0.118. The van der Waals surface area contributed by atoms with Gasteiger partial charge in [-0.15, -0.1) is 42.0 Å². The van der Waals surface area contributed by atoms with E-state index in [1.807, 2.05) is 30.3 Å². The van der Waals surface area contributed by atoms with Crippen molar-refractivity contribution in [1.29, 1.82) is 0 Å². The normalized spacial score (nSPS) is 11.6. The Morgan fingerprint density at radius 3 is 2.00 bits per heavy atom. The average molecular weight is 978 g/mol. The topological polar surface area (TPSA) is 43.9 Å². The second-order valence-electron chi connectivity index (χ2n) is 17.7. The summed E-state index contributed by atoms with van der Waals surface area (Å²) >= 11 is 0. The Balaban J connectivity index is 0.000000212. The number of imidazole rings is 1. The van der Waals surface area contributed by atoms with Gasteiger partial charge in [0.25, 0.3) is 0 Å². The Hall–Kier alpha value is -5.65. The van der Waals surface area contributed by atoms with Crippen molar-refractivity contribution in [3.05, 3.63) is 181 Å². The van der Waals surface area contributed by atoms with Crippen LogP contribution in [-0.4, -0.2) is 22.6 Å². The number of hydrogen-bond donors (Lipinski definition) is 0. The van der Waals surface area contributed by atoms with Gasteiger partial charge in [-0.25, -0.2) is 0 Å². The number of fused-ring (bicyclic) bond motifs is 2. The van der Waals surface area contributed by atoms with Gasteiger partial charge in [-0.1, -0.05) is 148 Å². The largest absolute Gasteiger partial charge is 0.557 e. The van der Waals surface area contributed by atoms with Crippen molar-refractivity contribution in [2.75, 3.05) is 0 Å². The van der Waals surface area contributed by atoms with Crippen LogP contribution in [0, 0.1) is 31.6 Å². The number of pyridine rings is 1. The van der Waals surface area contributed by atoms with Crippen molar-refractivity contribution >= 4 is 35.3 Å². The van der Waals surface area contributed by atoms with Crippen LogP contribution in [0.4, 0.5) is 0 Å². The minimum Gasteiger partial charge on any atom is -0.557 e. The van der Waals surface area contributed by atoms with E-state index in [4.69, 9.17) is 14.4 Å². The van der Waals surface area contributed by atoms with Gasteiger partial charge in [0.15, 0.2) is 0 Å². The van der Waals surface area contributed by atoms with Crippen LogP contribution >= 0.6 is 0 Å². The molecule has 1 radical (unpaired) electrons. The first kappa shape index (κ1) is 42.5. The van der Waals surface area contributed by atoms with Crippen LogP contribution in [0.2, 0.25) is 19.6 Å². The molecule has 0 amide bonds. The third-order valence-corrected chi connectivity index (χ3v) is 12.8. The molecule has 0 aliphatic heterocycles. The molecule has 0 saturated heterocycles. The fourth-order valence-corrected chi connectivity index (χ4v) is 9.70. The molecule has 4 nitrogen and oxygen atoms in total. The van der Waals surface area contributed by atoms with Crippen molar-refractivity contribution in [1.82, 2.24) is 14.5 Å². The summed E-state index contributed by atoms with van der Waals surface area (Å²) in [5, 5.41) is 2.48. The van der Waals surface area contributed by atoms with E-state index in [1.54, 1.807) is 0 Å². The molecule has 6 heteroatoms. The van der Waals surface area contributed by atoms with Crippen LogP contribution in [0.5, 0.6) is 0 Å². The van der Waals surface area contributed by atoms with E-state index >= 15 is 0 Å². The van der Waals surface area contributed by atoms with Gasteiger partial charge in [0.2, 0.25) is 0 Å². The molecule has 0 spiro atoms. The van der Waals surface area contributed by atoms with Gasteiger partial charge in [0, 0.05) is 43.8 Å². The summed E-state index contributed by atoms with van der Waals surface area (Å²) in [5.74, 6) is 0.823. The molecule has 0 aliphatic carbocycles. The Labute approximate surface area is 369 Å². The zero-order valence-corrected chi connectivity index (χ0v) is 39.1. The molecule has 0 aliphatic rings. The van der Waals surface area contributed by atoms with Gasteiger partial charge >= 0.3 is 0 Å². The Kier molecular flexibility index (Phi) is 12.4. The third-order valence-electron chi connectivity index (χ3n) is 10.7. The van der Waals surface area contributed by atoms with Gasteiger partial charge in [-0.2, -0.15) is 0 Å². The summed E-state index contributed by atoms with van der Waals surface area (Å²) in [6, 6.07) is 53.7.